The van der Waals surface area contributed by atoms with Crippen molar-refractivity contribution in [1.82, 2.24) is 19.5 Å². The summed E-state index contributed by atoms with van der Waals surface area (Å²) >= 11 is 0. The number of halogens is 2. The molecule has 0 bridgehead atoms. The Kier molecular flexibility index (Phi) is 5.75. The molecule has 32 heavy (non-hydrogen) atoms. The highest BCUT2D eigenvalue weighted by molar-refractivity contribution is 5.94. The van der Waals surface area contributed by atoms with Gasteiger partial charge in [0, 0.05) is 24.5 Å². The lowest BCUT2D eigenvalue weighted by Gasteiger charge is -2.05. The third kappa shape index (κ3) is 4.53. The average Bonchev–Trinajstić information content (AvgIpc) is 3.10. The number of anilines is 1. The second-order valence-corrected chi connectivity index (χ2v) is 6.93. The molecule has 2 amide bonds. The maximum absolute atomic E-state index is 13.3. The van der Waals surface area contributed by atoms with E-state index in [1.165, 1.54) is 24.4 Å². The number of rotatable bonds is 6. The van der Waals surface area contributed by atoms with Gasteiger partial charge in [0.2, 0.25) is 5.91 Å². The van der Waals surface area contributed by atoms with E-state index in [-0.39, 0.29) is 22.8 Å². The topological polar surface area (TPSA) is 97.5 Å². The first-order chi connectivity index (χ1) is 15.4. The molecule has 8 nitrogen and oxygen atoms in total. The van der Waals surface area contributed by atoms with Crippen LogP contribution in [0.2, 0.25) is 0 Å². The van der Waals surface area contributed by atoms with Crippen LogP contribution in [0.25, 0.3) is 5.65 Å². The summed E-state index contributed by atoms with van der Waals surface area (Å²) in [5.41, 5.74) is 0.844. The Morgan fingerprint density at radius 2 is 1.75 bits per heavy atom. The van der Waals surface area contributed by atoms with Gasteiger partial charge in [0.25, 0.3) is 5.91 Å². The van der Waals surface area contributed by atoms with Crippen LogP contribution in [0.15, 0.2) is 71.7 Å². The molecule has 2 heterocycles. The minimum Gasteiger partial charge on any atom is -0.348 e. The molecule has 0 aliphatic carbocycles. The first kappa shape index (κ1) is 20.9. The second-order valence-electron chi connectivity index (χ2n) is 6.93. The number of fused-ring (bicyclic) bond motifs is 1. The Labute approximate surface area is 180 Å². The molecule has 2 N–H and O–H groups in total. The van der Waals surface area contributed by atoms with Crippen molar-refractivity contribution in [2.75, 3.05) is 5.32 Å². The number of pyridine rings is 1. The van der Waals surface area contributed by atoms with Gasteiger partial charge in [-0.25, -0.2) is 22.7 Å². The van der Waals surface area contributed by atoms with E-state index in [0.29, 0.717) is 6.54 Å². The Morgan fingerprint density at radius 1 is 0.969 bits per heavy atom. The van der Waals surface area contributed by atoms with Crippen LogP contribution in [-0.2, 0) is 17.9 Å². The lowest BCUT2D eigenvalue weighted by molar-refractivity contribution is -0.117. The number of hydrogen-bond acceptors (Lipinski definition) is 4. The van der Waals surface area contributed by atoms with Crippen LogP contribution in [0.4, 0.5) is 14.5 Å². The zero-order chi connectivity index (χ0) is 22.7. The standard InChI is InChI=1S/C22H17F2N5O3/c23-17-8-7-16(10-18(17)24)26-20(30)13-29-22(32)28-12-15(6-9-19(28)27-29)21(31)25-11-14-4-2-1-3-5-14/h1-10,12H,11,13H2,(H,25,31)(H,26,30). The van der Waals surface area contributed by atoms with Crippen molar-refractivity contribution in [3.63, 3.8) is 0 Å². The van der Waals surface area contributed by atoms with Crippen molar-refractivity contribution in [3.8, 4) is 0 Å². The highest BCUT2D eigenvalue weighted by Gasteiger charge is 2.14. The van der Waals surface area contributed by atoms with Crippen LogP contribution < -0.4 is 16.3 Å². The maximum Gasteiger partial charge on any atom is 0.350 e. The molecule has 0 radical (unpaired) electrons. The monoisotopic (exact) mass is 437 g/mol. The molecule has 0 unspecified atom stereocenters. The summed E-state index contributed by atoms with van der Waals surface area (Å²) in [6.45, 7) is -0.120. The smallest absolute Gasteiger partial charge is 0.348 e. The van der Waals surface area contributed by atoms with E-state index < -0.39 is 29.8 Å². The first-order valence-electron chi connectivity index (χ1n) is 9.57. The van der Waals surface area contributed by atoms with Gasteiger partial charge in [0.15, 0.2) is 17.3 Å². The Balaban J connectivity index is 1.47. The lowest BCUT2D eigenvalue weighted by Crippen LogP contribution is -2.28. The van der Waals surface area contributed by atoms with Crippen molar-refractivity contribution >= 4 is 23.1 Å². The molecule has 2 aromatic heterocycles. The van der Waals surface area contributed by atoms with E-state index in [1.807, 2.05) is 30.3 Å². The fourth-order valence-electron chi connectivity index (χ4n) is 3.05. The largest absolute Gasteiger partial charge is 0.350 e. The minimum atomic E-state index is -1.11. The molecule has 162 valence electrons. The van der Waals surface area contributed by atoms with E-state index >= 15 is 0 Å². The van der Waals surface area contributed by atoms with Gasteiger partial charge in [0.05, 0.1) is 5.56 Å². The highest BCUT2D eigenvalue weighted by Crippen LogP contribution is 2.13. The van der Waals surface area contributed by atoms with Crippen LogP contribution in [-0.4, -0.2) is 26.0 Å². The van der Waals surface area contributed by atoms with Gasteiger partial charge in [-0.3, -0.25) is 9.59 Å². The van der Waals surface area contributed by atoms with Crippen molar-refractivity contribution in [2.45, 2.75) is 13.1 Å². The van der Waals surface area contributed by atoms with Crippen LogP contribution in [0, 0.1) is 11.6 Å². The van der Waals surface area contributed by atoms with Crippen LogP contribution in [0.3, 0.4) is 0 Å². The summed E-state index contributed by atoms with van der Waals surface area (Å²) in [5.74, 6) is -3.16. The summed E-state index contributed by atoms with van der Waals surface area (Å²) in [4.78, 5) is 37.3. The molecule has 0 atom stereocenters. The fraction of sp³-hybridized carbons (Fsp3) is 0.0909. The van der Waals surface area contributed by atoms with Gasteiger partial charge in [0.1, 0.15) is 6.54 Å². The molecular formula is C22H17F2N5O3. The van der Waals surface area contributed by atoms with Crippen LogP contribution in [0.5, 0.6) is 0 Å². The number of amides is 2. The van der Waals surface area contributed by atoms with Crippen LogP contribution in [0.1, 0.15) is 15.9 Å². The van der Waals surface area contributed by atoms with Crippen molar-refractivity contribution in [1.29, 1.82) is 0 Å². The number of nitrogens with one attached hydrogen (secondary N) is 2. The summed E-state index contributed by atoms with van der Waals surface area (Å²) in [6.07, 6.45) is 1.34. The van der Waals surface area contributed by atoms with E-state index in [9.17, 15) is 23.2 Å². The molecule has 0 aliphatic heterocycles. The van der Waals surface area contributed by atoms with Crippen molar-refractivity contribution in [2.24, 2.45) is 0 Å². The molecule has 10 heteroatoms. The number of hydrogen-bond donors (Lipinski definition) is 2. The number of benzene rings is 2. The van der Waals surface area contributed by atoms with E-state index in [1.54, 1.807) is 0 Å². The van der Waals surface area contributed by atoms with Crippen molar-refractivity contribution < 1.29 is 18.4 Å². The highest BCUT2D eigenvalue weighted by atomic mass is 19.2. The van der Waals surface area contributed by atoms with E-state index in [4.69, 9.17) is 0 Å². The Hall–Kier alpha value is -4.34. The Bertz CT molecular complexity index is 1370. The zero-order valence-corrected chi connectivity index (χ0v) is 16.6. The average molecular weight is 437 g/mol. The molecule has 0 saturated carbocycles. The number of aromatic nitrogens is 3. The zero-order valence-electron chi connectivity index (χ0n) is 16.6. The van der Waals surface area contributed by atoms with Gasteiger partial charge in [-0.15, -0.1) is 5.10 Å². The normalized spacial score (nSPS) is 10.8. The molecule has 4 rings (SSSR count). The molecule has 0 fully saturated rings. The quantitative estimate of drug-likeness (QED) is 0.484. The molecule has 2 aromatic carbocycles. The number of carbonyl (C=O) groups excluding carboxylic acids is 2. The molecule has 0 spiro atoms. The molecule has 4 aromatic rings. The number of carbonyl (C=O) groups is 2. The predicted molar refractivity (Wildman–Crippen MR) is 112 cm³/mol. The van der Waals surface area contributed by atoms with Gasteiger partial charge >= 0.3 is 5.69 Å². The second kappa shape index (κ2) is 8.80. The third-order valence-electron chi connectivity index (χ3n) is 4.63. The summed E-state index contributed by atoms with van der Waals surface area (Å²) in [5, 5.41) is 9.20. The summed E-state index contributed by atoms with van der Waals surface area (Å²) in [6, 6.07) is 15.3. The van der Waals surface area contributed by atoms with Gasteiger partial charge in [-0.05, 0) is 29.8 Å². The first-order valence-corrected chi connectivity index (χ1v) is 9.57. The Morgan fingerprint density at radius 3 is 2.50 bits per heavy atom. The third-order valence-corrected chi connectivity index (χ3v) is 4.63. The van der Waals surface area contributed by atoms with Gasteiger partial charge < -0.3 is 10.6 Å². The molecule has 0 aliphatic rings. The SMILES string of the molecule is O=C(Cn1nc2ccc(C(=O)NCc3ccccc3)cn2c1=O)Nc1ccc(F)c(F)c1. The van der Waals surface area contributed by atoms with E-state index in [2.05, 4.69) is 15.7 Å². The predicted octanol–water partition coefficient (Wildman–Crippen LogP) is 2.34. The minimum absolute atomic E-state index is 0.0445. The summed E-state index contributed by atoms with van der Waals surface area (Å²) in [7, 11) is 0. The van der Waals surface area contributed by atoms with Crippen LogP contribution >= 0.6 is 0 Å². The molecular weight excluding hydrogens is 420 g/mol. The number of nitrogens with zero attached hydrogens (tertiary/aromatic N) is 3. The summed E-state index contributed by atoms with van der Waals surface area (Å²) < 4.78 is 28.4. The molecule has 0 saturated heterocycles. The maximum atomic E-state index is 13.3. The fourth-order valence-corrected chi connectivity index (χ4v) is 3.05. The van der Waals surface area contributed by atoms with E-state index in [0.717, 1.165) is 26.8 Å². The van der Waals surface area contributed by atoms with Gasteiger partial charge in [-0.1, -0.05) is 30.3 Å². The van der Waals surface area contributed by atoms with Gasteiger partial charge in [-0.2, -0.15) is 0 Å². The lowest BCUT2D eigenvalue weighted by atomic mass is 10.2. The van der Waals surface area contributed by atoms with Crippen molar-refractivity contribution in [3.05, 3.63) is 100 Å².